The molecule has 0 saturated carbocycles. The Hall–Kier alpha value is -3.02. The van der Waals surface area contributed by atoms with Crippen LogP contribution in [0.2, 0.25) is 0 Å². The van der Waals surface area contributed by atoms with E-state index in [1.165, 1.54) is 19.1 Å². The van der Waals surface area contributed by atoms with Crippen molar-refractivity contribution in [2.75, 3.05) is 11.9 Å². The number of benzene rings is 1. The molecule has 1 amide bonds. The SMILES string of the molecule is CCOC(=O)c1sc(NC(=O)c2cccc([N+](=O)[O-])c2)nc1C(F)(F)F. The molecule has 138 valence electrons. The highest BCUT2D eigenvalue weighted by Gasteiger charge is 2.40. The van der Waals surface area contributed by atoms with Crippen molar-refractivity contribution in [3.63, 3.8) is 0 Å². The van der Waals surface area contributed by atoms with Crippen molar-refractivity contribution in [1.29, 1.82) is 0 Å². The van der Waals surface area contributed by atoms with Crippen LogP contribution >= 0.6 is 11.3 Å². The molecule has 0 saturated heterocycles. The number of carbonyl (C=O) groups excluding carboxylic acids is 2. The molecule has 0 aliphatic rings. The Kier molecular flexibility index (Phi) is 5.55. The third kappa shape index (κ3) is 4.33. The molecule has 2 rings (SSSR count). The summed E-state index contributed by atoms with van der Waals surface area (Å²) in [7, 11) is 0. The van der Waals surface area contributed by atoms with Gasteiger partial charge < -0.3 is 4.74 Å². The summed E-state index contributed by atoms with van der Waals surface area (Å²) in [5.74, 6) is -2.13. The fraction of sp³-hybridized carbons (Fsp3) is 0.214. The smallest absolute Gasteiger partial charge is 0.435 e. The molecular formula is C14H10F3N3O5S. The first-order valence-electron chi connectivity index (χ1n) is 6.94. The van der Waals surface area contributed by atoms with Crippen LogP contribution in [0.3, 0.4) is 0 Å². The minimum atomic E-state index is -4.92. The minimum absolute atomic E-state index is 0.136. The molecule has 0 aliphatic heterocycles. The average Bonchev–Trinajstić information content (AvgIpc) is 2.99. The molecule has 0 radical (unpaired) electrons. The van der Waals surface area contributed by atoms with Crippen molar-refractivity contribution in [3.05, 3.63) is 50.5 Å². The van der Waals surface area contributed by atoms with E-state index in [0.717, 1.165) is 12.1 Å². The number of alkyl halides is 3. The van der Waals surface area contributed by atoms with Crippen molar-refractivity contribution >= 4 is 34.0 Å². The van der Waals surface area contributed by atoms with Crippen LogP contribution in [-0.2, 0) is 10.9 Å². The third-order valence-electron chi connectivity index (χ3n) is 2.90. The highest BCUT2D eigenvalue weighted by molar-refractivity contribution is 7.17. The van der Waals surface area contributed by atoms with E-state index in [-0.39, 0.29) is 17.9 Å². The average molecular weight is 389 g/mol. The standard InChI is InChI=1S/C14H10F3N3O5S/c1-2-25-12(22)9-10(14(15,16)17)18-13(26-9)19-11(21)7-4-3-5-8(6-7)20(23)24/h3-6H,2H2,1H3,(H,18,19,21). The maximum atomic E-state index is 13.0. The number of halogens is 3. The van der Waals surface area contributed by atoms with Crippen LogP contribution in [0.25, 0.3) is 0 Å². The van der Waals surface area contributed by atoms with Gasteiger partial charge in [0.15, 0.2) is 10.8 Å². The lowest BCUT2D eigenvalue weighted by Gasteiger charge is -2.05. The Morgan fingerprint density at radius 2 is 2.08 bits per heavy atom. The molecule has 0 aliphatic carbocycles. The Balaban J connectivity index is 2.32. The van der Waals surface area contributed by atoms with Gasteiger partial charge in [0, 0.05) is 17.7 Å². The number of aromatic nitrogens is 1. The zero-order valence-corrected chi connectivity index (χ0v) is 13.8. The highest BCUT2D eigenvalue weighted by Crippen LogP contribution is 2.36. The van der Waals surface area contributed by atoms with Gasteiger partial charge in [-0.15, -0.1) is 0 Å². The largest absolute Gasteiger partial charge is 0.462 e. The second-order valence-corrected chi connectivity index (χ2v) is 5.68. The van der Waals surface area contributed by atoms with Gasteiger partial charge in [0.05, 0.1) is 11.5 Å². The lowest BCUT2D eigenvalue weighted by molar-refractivity contribution is -0.384. The van der Waals surface area contributed by atoms with Gasteiger partial charge in [-0.1, -0.05) is 17.4 Å². The normalized spacial score (nSPS) is 11.1. The Bertz CT molecular complexity index is 866. The maximum absolute atomic E-state index is 13.0. The monoisotopic (exact) mass is 389 g/mol. The topological polar surface area (TPSA) is 111 Å². The first kappa shape index (κ1) is 19.3. The number of hydrogen-bond donors (Lipinski definition) is 1. The van der Waals surface area contributed by atoms with Crippen molar-refractivity contribution in [2.45, 2.75) is 13.1 Å². The van der Waals surface area contributed by atoms with E-state index >= 15 is 0 Å². The van der Waals surface area contributed by atoms with E-state index in [4.69, 9.17) is 0 Å². The molecule has 2 aromatic rings. The number of non-ortho nitro benzene ring substituents is 1. The van der Waals surface area contributed by atoms with Gasteiger partial charge in [-0.2, -0.15) is 13.2 Å². The molecule has 26 heavy (non-hydrogen) atoms. The Morgan fingerprint density at radius 1 is 1.38 bits per heavy atom. The summed E-state index contributed by atoms with van der Waals surface area (Å²) >= 11 is 0.296. The number of carbonyl (C=O) groups is 2. The van der Waals surface area contributed by atoms with Crippen LogP contribution in [0.15, 0.2) is 24.3 Å². The molecule has 0 bridgehead atoms. The molecule has 12 heteroatoms. The number of rotatable bonds is 5. The van der Waals surface area contributed by atoms with Crippen LogP contribution in [-0.4, -0.2) is 28.4 Å². The van der Waals surface area contributed by atoms with Crippen molar-refractivity contribution < 1.29 is 32.4 Å². The molecule has 1 aromatic carbocycles. The first-order valence-corrected chi connectivity index (χ1v) is 7.76. The molecule has 8 nitrogen and oxygen atoms in total. The van der Waals surface area contributed by atoms with Crippen LogP contribution in [0.1, 0.15) is 32.6 Å². The fourth-order valence-electron chi connectivity index (χ4n) is 1.83. The second kappa shape index (κ2) is 7.47. The van der Waals surface area contributed by atoms with E-state index in [1.54, 1.807) is 0 Å². The fourth-order valence-corrected chi connectivity index (χ4v) is 2.71. The van der Waals surface area contributed by atoms with Gasteiger partial charge >= 0.3 is 12.1 Å². The van der Waals surface area contributed by atoms with Gasteiger partial charge in [-0.05, 0) is 13.0 Å². The minimum Gasteiger partial charge on any atom is -0.462 e. The van der Waals surface area contributed by atoms with Crippen LogP contribution in [0.5, 0.6) is 0 Å². The zero-order valence-electron chi connectivity index (χ0n) is 13.0. The Morgan fingerprint density at radius 3 is 2.65 bits per heavy atom. The number of nitrogens with zero attached hydrogens (tertiary/aromatic N) is 2. The number of nitro benzene ring substituents is 1. The summed E-state index contributed by atoms with van der Waals surface area (Å²) < 4.78 is 43.6. The predicted octanol–water partition coefficient (Wildman–Crippen LogP) is 3.50. The summed E-state index contributed by atoms with van der Waals surface area (Å²) in [5, 5.41) is 12.3. The lowest BCUT2D eigenvalue weighted by atomic mass is 10.2. The van der Waals surface area contributed by atoms with Crippen LogP contribution in [0.4, 0.5) is 24.0 Å². The highest BCUT2D eigenvalue weighted by atomic mass is 32.1. The Labute approximate surface area is 147 Å². The van der Waals surface area contributed by atoms with Gasteiger partial charge in [-0.25, -0.2) is 9.78 Å². The number of nitro groups is 1. The van der Waals surface area contributed by atoms with E-state index in [1.807, 2.05) is 0 Å². The molecule has 0 spiro atoms. The second-order valence-electron chi connectivity index (χ2n) is 4.68. The van der Waals surface area contributed by atoms with E-state index in [9.17, 15) is 32.9 Å². The van der Waals surface area contributed by atoms with Gasteiger partial charge in [0.2, 0.25) is 0 Å². The number of thiazole rings is 1. The van der Waals surface area contributed by atoms with E-state index in [0.29, 0.717) is 11.3 Å². The van der Waals surface area contributed by atoms with E-state index in [2.05, 4.69) is 15.0 Å². The van der Waals surface area contributed by atoms with Crippen LogP contribution in [0, 0.1) is 10.1 Å². The molecule has 1 aromatic heterocycles. The molecule has 1 N–H and O–H groups in total. The number of anilines is 1. The van der Waals surface area contributed by atoms with Crippen molar-refractivity contribution in [1.82, 2.24) is 4.98 Å². The van der Waals surface area contributed by atoms with Gasteiger partial charge in [0.1, 0.15) is 4.88 Å². The number of ether oxygens (including phenoxy) is 1. The molecular weight excluding hydrogens is 379 g/mol. The summed E-state index contributed by atoms with van der Waals surface area (Å²) in [6.45, 7) is 1.29. The predicted molar refractivity (Wildman–Crippen MR) is 84.1 cm³/mol. The maximum Gasteiger partial charge on any atom is 0.435 e. The number of amides is 1. The summed E-state index contributed by atoms with van der Waals surface area (Å²) in [6.07, 6.45) is -4.92. The summed E-state index contributed by atoms with van der Waals surface area (Å²) in [5.41, 5.74) is -1.99. The number of esters is 1. The summed E-state index contributed by atoms with van der Waals surface area (Å²) in [6, 6.07) is 4.60. The lowest BCUT2D eigenvalue weighted by Crippen LogP contribution is -2.14. The van der Waals surface area contributed by atoms with Crippen molar-refractivity contribution in [2.24, 2.45) is 0 Å². The van der Waals surface area contributed by atoms with Crippen molar-refractivity contribution in [3.8, 4) is 0 Å². The third-order valence-corrected chi connectivity index (χ3v) is 3.85. The quantitative estimate of drug-likeness (QED) is 0.476. The molecule has 1 heterocycles. The summed E-state index contributed by atoms with van der Waals surface area (Å²) in [4.78, 5) is 36.2. The van der Waals surface area contributed by atoms with Gasteiger partial charge in [-0.3, -0.25) is 20.2 Å². The molecule has 0 unspecified atom stereocenters. The number of hydrogen-bond acceptors (Lipinski definition) is 7. The first-order chi connectivity index (χ1) is 12.1. The number of nitrogens with one attached hydrogen (secondary N) is 1. The molecule has 0 fully saturated rings. The van der Waals surface area contributed by atoms with Gasteiger partial charge in [0.25, 0.3) is 11.6 Å². The van der Waals surface area contributed by atoms with Crippen LogP contribution < -0.4 is 5.32 Å². The zero-order chi connectivity index (χ0) is 19.5. The van der Waals surface area contributed by atoms with E-state index < -0.39 is 38.7 Å². The molecule has 0 atom stereocenters.